The van der Waals surface area contributed by atoms with Gasteiger partial charge < -0.3 is 14.5 Å². The summed E-state index contributed by atoms with van der Waals surface area (Å²) in [6.45, 7) is 0.669. The van der Waals surface area contributed by atoms with E-state index in [0.29, 0.717) is 29.6 Å². The van der Waals surface area contributed by atoms with Crippen LogP contribution in [0.5, 0.6) is 5.75 Å². The monoisotopic (exact) mass is 373 g/mol. The van der Waals surface area contributed by atoms with Gasteiger partial charge in [0.25, 0.3) is 0 Å². The normalized spacial score (nSPS) is 10.6. The highest BCUT2D eigenvalue weighted by atomic mass is 16.5. The van der Waals surface area contributed by atoms with Gasteiger partial charge in [-0.15, -0.1) is 0 Å². The third-order valence-electron chi connectivity index (χ3n) is 4.25. The minimum Gasteiger partial charge on any atom is -0.496 e. The van der Waals surface area contributed by atoms with E-state index in [0.717, 1.165) is 23.3 Å². The first-order chi connectivity index (χ1) is 13.8. The topological polar surface area (TPSA) is 86.0 Å². The molecule has 4 aromatic rings. The first-order valence-electron chi connectivity index (χ1n) is 8.88. The van der Waals surface area contributed by atoms with Crippen molar-refractivity contribution in [2.24, 2.45) is 0 Å². The number of hydrogen-bond donors (Lipinski definition) is 1. The van der Waals surface area contributed by atoms with Crippen LogP contribution in [-0.4, -0.2) is 33.6 Å². The SMILES string of the molecule is COc1ccccc1CCNc1ncc(-c2cnccn2)c(-c2ccco2)n1. The van der Waals surface area contributed by atoms with Crippen LogP contribution in [0.3, 0.4) is 0 Å². The van der Waals surface area contributed by atoms with Crippen molar-refractivity contribution in [2.75, 3.05) is 19.0 Å². The molecular formula is C21H19N5O2. The van der Waals surface area contributed by atoms with Gasteiger partial charge in [0.2, 0.25) is 5.95 Å². The van der Waals surface area contributed by atoms with E-state index in [4.69, 9.17) is 9.15 Å². The van der Waals surface area contributed by atoms with E-state index in [1.54, 1.807) is 38.2 Å². The summed E-state index contributed by atoms with van der Waals surface area (Å²) in [5, 5.41) is 3.27. The van der Waals surface area contributed by atoms with Gasteiger partial charge in [0.15, 0.2) is 5.76 Å². The lowest BCUT2D eigenvalue weighted by Gasteiger charge is -2.11. The average molecular weight is 373 g/mol. The summed E-state index contributed by atoms with van der Waals surface area (Å²) in [6.07, 6.45) is 9.09. The largest absolute Gasteiger partial charge is 0.496 e. The first kappa shape index (κ1) is 17.7. The summed E-state index contributed by atoms with van der Waals surface area (Å²) >= 11 is 0. The predicted octanol–water partition coefficient (Wildman–Crippen LogP) is 3.86. The maximum atomic E-state index is 5.56. The molecule has 1 aromatic carbocycles. The molecule has 3 aromatic heterocycles. The van der Waals surface area contributed by atoms with Crippen molar-refractivity contribution in [3.8, 4) is 28.5 Å². The van der Waals surface area contributed by atoms with E-state index in [2.05, 4.69) is 25.3 Å². The van der Waals surface area contributed by atoms with Crippen LogP contribution in [0.2, 0.25) is 0 Å². The van der Waals surface area contributed by atoms with Crippen molar-refractivity contribution in [1.29, 1.82) is 0 Å². The zero-order valence-electron chi connectivity index (χ0n) is 15.4. The van der Waals surface area contributed by atoms with E-state index in [9.17, 15) is 0 Å². The molecule has 0 spiro atoms. The first-order valence-corrected chi connectivity index (χ1v) is 8.88. The second kappa shape index (κ2) is 8.30. The van der Waals surface area contributed by atoms with Crippen molar-refractivity contribution >= 4 is 5.95 Å². The molecule has 0 aliphatic heterocycles. The second-order valence-corrected chi connectivity index (χ2v) is 6.01. The molecule has 4 rings (SSSR count). The molecule has 0 aliphatic rings. The van der Waals surface area contributed by atoms with Crippen LogP contribution in [-0.2, 0) is 6.42 Å². The van der Waals surface area contributed by atoms with Gasteiger partial charge in [-0.1, -0.05) is 18.2 Å². The number of benzene rings is 1. The Kier molecular flexibility index (Phi) is 5.24. The maximum absolute atomic E-state index is 5.56. The number of methoxy groups -OCH3 is 1. The smallest absolute Gasteiger partial charge is 0.223 e. The van der Waals surface area contributed by atoms with E-state index in [1.807, 2.05) is 36.4 Å². The van der Waals surface area contributed by atoms with E-state index < -0.39 is 0 Å². The van der Waals surface area contributed by atoms with Gasteiger partial charge in [-0.25, -0.2) is 9.97 Å². The Balaban J connectivity index is 1.56. The summed E-state index contributed by atoms with van der Waals surface area (Å²) in [7, 11) is 1.68. The number of hydrogen-bond acceptors (Lipinski definition) is 7. The van der Waals surface area contributed by atoms with Crippen molar-refractivity contribution < 1.29 is 9.15 Å². The van der Waals surface area contributed by atoms with Gasteiger partial charge in [0, 0.05) is 30.7 Å². The van der Waals surface area contributed by atoms with Gasteiger partial charge in [0.1, 0.15) is 11.4 Å². The Hall–Kier alpha value is -3.74. The molecule has 0 radical (unpaired) electrons. The van der Waals surface area contributed by atoms with E-state index in [-0.39, 0.29) is 0 Å². The van der Waals surface area contributed by atoms with E-state index in [1.165, 1.54) is 0 Å². The summed E-state index contributed by atoms with van der Waals surface area (Å²) in [5.74, 6) is 2.05. The maximum Gasteiger partial charge on any atom is 0.223 e. The fourth-order valence-corrected chi connectivity index (χ4v) is 2.91. The number of rotatable bonds is 7. The number of anilines is 1. The number of aromatic nitrogens is 4. The van der Waals surface area contributed by atoms with Gasteiger partial charge in [-0.2, -0.15) is 0 Å². The second-order valence-electron chi connectivity index (χ2n) is 6.01. The Morgan fingerprint density at radius 1 is 1.04 bits per heavy atom. The standard InChI is InChI=1S/C21H19N5O2/c1-27-18-6-3-2-5-15(18)8-9-24-21-25-13-16(17-14-22-10-11-23-17)20(26-21)19-7-4-12-28-19/h2-7,10-14H,8-9H2,1H3,(H,24,25,26). The molecule has 0 saturated carbocycles. The molecule has 1 N–H and O–H groups in total. The minimum atomic E-state index is 0.522. The fraction of sp³-hybridized carbons (Fsp3) is 0.143. The average Bonchev–Trinajstić information content (AvgIpc) is 3.29. The fourth-order valence-electron chi connectivity index (χ4n) is 2.91. The molecule has 140 valence electrons. The van der Waals surface area contributed by atoms with Gasteiger partial charge >= 0.3 is 0 Å². The van der Waals surface area contributed by atoms with Crippen LogP contribution in [0.4, 0.5) is 5.95 Å². The number of nitrogens with one attached hydrogen (secondary N) is 1. The zero-order chi connectivity index (χ0) is 19.2. The van der Waals surface area contributed by atoms with Crippen molar-refractivity contribution in [3.63, 3.8) is 0 Å². The Bertz CT molecular complexity index is 1040. The molecule has 0 atom stereocenters. The highest BCUT2D eigenvalue weighted by Crippen LogP contribution is 2.29. The number of furan rings is 1. The van der Waals surface area contributed by atoms with Crippen molar-refractivity contribution in [1.82, 2.24) is 19.9 Å². The molecule has 0 amide bonds. The summed E-state index contributed by atoms with van der Waals surface area (Å²) in [4.78, 5) is 17.6. The molecule has 0 aliphatic carbocycles. The predicted molar refractivity (Wildman–Crippen MR) is 106 cm³/mol. The highest BCUT2D eigenvalue weighted by molar-refractivity contribution is 5.76. The van der Waals surface area contributed by atoms with Crippen LogP contribution in [0.25, 0.3) is 22.7 Å². The Labute approximate surface area is 162 Å². The lowest BCUT2D eigenvalue weighted by molar-refractivity contribution is 0.410. The van der Waals surface area contributed by atoms with Gasteiger partial charge in [0.05, 0.1) is 25.3 Å². The molecule has 0 unspecified atom stereocenters. The van der Waals surface area contributed by atoms with Crippen LogP contribution in [0, 0.1) is 0 Å². The van der Waals surface area contributed by atoms with Crippen LogP contribution in [0.15, 0.2) is 71.9 Å². The Morgan fingerprint density at radius 3 is 2.75 bits per heavy atom. The minimum absolute atomic E-state index is 0.522. The molecule has 3 heterocycles. The molecule has 28 heavy (non-hydrogen) atoms. The van der Waals surface area contributed by atoms with Gasteiger partial charge in [-0.3, -0.25) is 9.97 Å². The van der Waals surface area contributed by atoms with Gasteiger partial charge in [-0.05, 0) is 30.2 Å². The van der Waals surface area contributed by atoms with Crippen LogP contribution in [0.1, 0.15) is 5.56 Å². The zero-order valence-corrected chi connectivity index (χ0v) is 15.4. The molecule has 0 saturated heterocycles. The molecule has 7 heteroatoms. The number of para-hydroxylation sites is 1. The van der Waals surface area contributed by atoms with Crippen molar-refractivity contribution in [3.05, 3.63) is 73.0 Å². The third-order valence-corrected chi connectivity index (χ3v) is 4.25. The molecular weight excluding hydrogens is 354 g/mol. The number of nitrogens with zero attached hydrogens (tertiary/aromatic N) is 4. The third kappa shape index (κ3) is 3.83. The van der Waals surface area contributed by atoms with Crippen LogP contribution >= 0.6 is 0 Å². The number of ether oxygens (including phenoxy) is 1. The quantitative estimate of drug-likeness (QED) is 0.526. The summed E-state index contributed by atoms with van der Waals surface area (Å²) in [5.41, 5.74) is 3.24. The summed E-state index contributed by atoms with van der Waals surface area (Å²) in [6, 6.07) is 11.6. The van der Waals surface area contributed by atoms with Crippen LogP contribution < -0.4 is 10.1 Å². The summed E-state index contributed by atoms with van der Waals surface area (Å²) < 4.78 is 11.0. The molecule has 7 nitrogen and oxygen atoms in total. The highest BCUT2D eigenvalue weighted by Gasteiger charge is 2.15. The van der Waals surface area contributed by atoms with Crippen molar-refractivity contribution in [2.45, 2.75) is 6.42 Å². The molecule has 0 bridgehead atoms. The lowest BCUT2D eigenvalue weighted by Crippen LogP contribution is -2.09. The lowest BCUT2D eigenvalue weighted by atomic mass is 10.1. The van der Waals surface area contributed by atoms with E-state index >= 15 is 0 Å². The molecule has 0 fully saturated rings. The Morgan fingerprint density at radius 2 is 1.96 bits per heavy atom.